The number of aryl methyl sites for hydroxylation is 1. The predicted octanol–water partition coefficient (Wildman–Crippen LogP) is 5.31. The second kappa shape index (κ2) is 12.7. The van der Waals surface area contributed by atoms with Gasteiger partial charge in [-0.2, -0.15) is 0 Å². The molecule has 1 saturated heterocycles. The quantitative estimate of drug-likeness (QED) is 0.359. The van der Waals surface area contributed by atoms with Crippen molar-refractivity contribution in [2.75, 3.05) is 37.0 Å². The lowest BCUT2D eigenvalue weighted by Gasteiger charge is -2.14. The Labute approximate surface area is 201 Å². The molecule has 6 heteroatoms. The Morgan fingerprint density at radius 2 is 1.74 bits per heavy atom. The van der Waals surface area contributed by atoms with E-state index in [4.69, 9.17) is 14.2 Å². The molecule has 1 unspecified atom stereocenters. The van der Waals surface area contributed by atoms with Crippen molar-refractivity contribution >= 4 is 17.3 Å². The maximum absolute atomic E-state index is 12.4. The lowest BCUT2D eigenvalue weighted by molar-refractivity contribution is -0.114. The van der Waals surface area contributed by atoms with Gasteiger partial charge in [0.25, 0.3) is 0 Å². The van der Waals surface area contributed by atoms with Crippen LogP contribution >= 0.6 is 0 Å². The van der Waals surface area contributed by atoms with Crippen LogP contribution in [0.15, 0.2) is 78.9 Å². The topological polar surface area (TPSA) is 68.8 Å². The molecule has 6 nitrogen and oxygen atoms in total. The monoisotopic (exact) mass is 460 g/mol. The van der Waals surface area contributed by atoms with E-state index in [1.165, 1.54) is 5.56 Å². The van der Waals surface area contributed by atoms with Crippen molar-refractivity contribution in [3.63, 3.8) is 0 Å². The molecule has 1 fully saturated rings. The Morgan fingerprint density at radius 3 is 2.53 bits per heavy atom. The number of hydrogen-bond donors (Lipinski definition) is 2. The van der Waals surface area contributed by atoms with Crippen molar-refractivity contribution in [1.82, 2.24) is 0 Å². The molecule has 1 heterocycles. The molecular weight excluding hydrogens is 428 g/mol. The Kier molecular flexibility index (Phi) is 8.80. The van der Waals surface area contributed by atoms with Crippen LogP contribution in [0, 0.1) is 0 Å². The molecule has 178 valence electrons. The van der Waals surface area contributed by atoms with E-state index in [0.717, 1.165) is 55.2 Å². The summed E-state index contributed by atoms with van der Waals surface area (Å²) in [5, 5.41) is 6.08. The number of carbonyl (C=O) groups excluding carboxylic acids is 1. The van der Waals surface area contributed by atoms with E-state index in [1.807, 2.05) is 54.6 Å². The number of ether oxygens (including phenoxy) is 3. The molecule has 0 aromatic heterocycles. The molecule has 0 spiro atoms. The first kappa shape index (κ1) is 23.6. The first-order valence-electron chi connectivity index (χ1n) is 11.9. The van der Waals surface area contributed by atoms with E-state index in [2.05, 4.69) is 34.9 Å². The highest BCUT2D eigenvalue weighted by Crippen LogP contribution is 2.24. The lowest BCUT2D eigenvalue weighted by atomic mass is 10.1. The summed E-state index contributed by atoms with van der Waals surface area (Å²) in [5.41, 5.74) is 2.83. The van der Waals surface area contributed by atoms with Crippen LogP contribution in [0.2, 0.25) is 0 Å². The maximum Gasteiger partial charge on any atom is 0.243 e. The molecule has 1 aliphatic rings. The van der Waals surface area contributed by atoms with Crippen LogP contribution in [0.4, 0.5) is 11.4 Å². The van der Waals surface area contributed by atoms with Crippen LogP contribution in [-0.2, 0) is 16.0 Å². The Bertz CT molecular complexity index is 1020. The van der Waals surface area contributed by atoms with Gasteiger partial charge in [-0.3, -0.25) is 4.79 Å². The largest absolute Gasteiger partial charge is 0.491 e. The molecule has 0 radical (unpaired) electrons. The number of nitrogens with one attached hydrogen (secondary N) is 2. The van der Waals surface area contributed by atoms with Crippen LogP contribution < -0.4 is 20.1 Å². The summed E-state index contributed by atoms with van der Waals surface area (Å²) < 4.78 is 17.3. The minimum Gasteiger partial charge on any atom is -0.491 e. The second-order valence-electron chi connectivity index (χ2n) is 8.31. The SMILES string of the molecule is O=C(CNc1ccccc1OCCCc1ccccc1)Nc1ccc(OCC2CCCO2)cc1. The number of benzene rings is 3. The van der Waals surface area contributed by atoms with Gasteiger partial charge >= 0.3 is 0 Å². The molecule has 2 N–H and O–H groups in total. The molecule has 0 bridgehead atoms. The Morgan fingerprint density at radius 1 is 0.941 bits per heavy atom. The predicted molar refractivity (Wildman–Crippen MR) is 135 cm³/mol. The number of rotatable bonds is 12. The summed E-state index contributed by atoms with van der Waals surface area (Å²) in [4.78, 5) is 12.4. The third kappa shape index (κ3) is 7.52. The third-order valence-electron chi connectivity index (χ3n) is 5.63. The van der Waals surface area contributed by atoms with E-state index in [-0.39, 0.29) is 18.6 Å². The van der Waals surface area contributed by atoms with Crippen molar-refractivity contribution in [1.29, 1.82) is 0 Å². The van der Waals surface area contributed by atoms with Crippen LogP contribution in [0.5, 0.6) is 11.5 Å². The average Bonchev–Trinajstić information content (AvgIpc) is 3.40. The highest BCUT2D eigenvalue weighted by molar-refractivity contribution is 5.94. The second-order valence-corrected chi connectivity index (χ2v) is 8.31. The van der Waals surface area contributed by atoms with Crippen LogP contribution in [-0.4, -0.2) is 38.4 Å². The third-order valence-corrected chi connectivity index (χ3v) is 5.63. The molecule has 1 amide bonds. The van der Waals surface area contributed by atoms with Gasteiger partial charge in [0.05, 0.1) is 24.9 Å². The van der Waals surface area contributed by atoms with Crippen LogP contribution in [0.1, 0.15) is 24.8 Å². The minimum atomic E-state index is -0.132. The van der Waals surface area contributed by atoms with Gasteiger partial charge in [0, 0.05) is 12.3 Å². The summed E-state index contributed by atoms with van der Waals surface area (Å²) in [7, 11) is 0. The fourth-order valence-electron chi connectivity index (χ4n) is 3.82. The zero-order chi connectivity index (χ0) is 23.4. The van der Waals surface area contributed by atoms with Crippen LogP contribution in [0.25, 0.3) is 0 Å². The Balaban J connectivity index is 1.19. The van der Waals surface area contributed by atoms with Gasteiger partial charge in [-0.15, -0.1) is 0 Å². The Hall–Kier alpha value is -3.51. The molecule has 3 aromatic carbocycles. The van der Waals surface area contributed by atoms with E-state index in [1.54, 1.807) is 0 Å². The van der Waals surface area contributed by atoms with Gasteiger partial charge in [0.2, 0.25) is 5.91 Å². The molecule has 1 aliphatic heterocycles. The van der Waals surface area contributed by atoms with E-state index in [0.29, 0.717) is 13.2 Å². The minimum absolute atomic E-state index is 0.132. The van der Waals surface area contributed by atoms with E-state index < -0.39 is 0 Å². The molecule has 1 atom stereocenters. The first-order chi connectivity index (χ1) is 16.8. The zero-order valence-corrected chi connectivity index (χ0v) is 19.4. The van der Waals surface area contributed by atoms with Crippen molar-refractivity contribution in [2.45, 2.75) is 31.8 Å². The van der Waals surface area contributed by atoms with Gasteiger partial charge in [-0.05, 0) is 67.6 Å². The fraction of sp³-hybridized carbons (Fsp3) is 0.321. The molecule has 0 aliphatic carbocycles. The van der Waals surface area contributed by atoms with Gasteiger partial charge in [0.1, 0.15) is 18.1 Å². The average molecular weight is 461 g/mol. The van der Waals surface area contributed by atoms with E-state index in [9.17, 15) is 4.79 Å². The summed E-state index contributed by atoms with van der Waals surface area (Å²) in [6.07, 6.45) is 4.21. The lowest BCUT2D eigenvalue weighted by Crippen LogP contribution is -2.22. The first-order valence-corrected chi connectivity index (χ1v) is 11.9. The highest BCUT2D eigenvalue weighted by Gasteiger charge is 2.16. The van der Waals surface area contributed by atoms with Crippen LogP contribution in [0.3, 0.4) is 0 Å². The van der Waals surface area contributed by atoms with Crippen molar-refractivity contribution in [2.24, 2.45) is 0 Å². The molecule has 34 heavy (non-hydrogen) atoms. The summed E-state index contributed by atoms with van der Waals surface area (Å²) in [5.74, 6) is 1.38. The molecule has 4 rings (SSSR count). The molecule has 3 aromatic rings. The van der Waals surface area contributed by atoms with Crippen molar-refractivity contribution in [3.8, 4) is 11.5 Å². The highest BCUT2D eigenvalue weighted by atomic mass is 16.5. The van der Waals surface area contributed by atoms with Gasteiger partial charge < -0.3 is 24.8 Å². The molecular formula is C28H32N2O4. The summed E-state index contributed by atoms with van der Waals surface area (Å²) in [6, 6.07) is 25.5. The number of carbonyl (C=O) groups is 1. The van der Waals surface area contributed by atoms with Gasteiger partial charge in [-0.25, -0.2) is 0 Å². The standard InChI is InChI=1S/C28H32N2O4/c31-28(30-23-14-16-24(17-15-23)34-21-25-11-7-18-32-25)20-29-26-12-4-5-13-27(26)33-19-6-10-22-8-2-1-3-9-22/h1-5,8-9,12-17,25,29H,6-7,10-11,18-21H2,(H,30,31). The number of anilines is 2. The number of hydrogen-bond acceptors (Lipinski definition) is 5. The molecule has 0 saturated carbocycles. The zero-order valence-electron chi connectivity index (χ0n) is 19.4. The van der Waals surface area contributed by atoms with Crippen molar-refractivity contribution < 1.29 is 19.0 Å². The van der Waals surface area contributed by atoms with E-state index >= 15 is 0 Å². The summed E-state index contributed by atoms with van der Waals surface area (Å²) in [6.45, 7) is 2.13. The van der Waals surface area contributed by atoms with Crippen molar-refractivity contribution in [3.05, 3.63) is 84.4 Å². The van der Waals surface area contributed by atoms with Gasteiger partial charge in [-0.1, -0.05) is 42.5 Å². The maximum atomic E-state index is 12.4. The fourth-order valence-corrected chi connectivity index (χ4v) is 3.82. The number of para-hydroxylation sites is 2. The van der Waals surface area contributed by atoms with Gasteiger partial charge in [0.15, 0.2) is 0 Å². The summed E-state index contributed by atoms with van der Waals surface area (Å²) >= 11 is 0. The number of amides is 1. The smallest absolute Gasteiger partial charge is 0.243 e. The normalized spacial score (nSPS) is 15.0.